The number of unbranched alkanes of at least 4 members (excludes halogenated alkanes) is 7. The summed E-state index contributed by atoms with van der Waals surface area (Å²) in [5, 5.41) is 0.754. The van der Waals surface area contributed by atoms with Gasteiger partial charge in [-0.15, -0.1) is 0 Å². The lowest BCUT2D eigenvalue weighted by Gasteiger charge is -2.17. The minimum atomic E-state index is 0.754. The highest BCUT2D eigenvalue weighted by Crippen LogP contribution is 2.35. The molecule has 0 atom stereocenters. The molecule has 3 heteroatoms. The van der Waals surface area contributed by atoms with Crippen LogP contribution in [0.15, 0.2) is 84.9 Å². The maximum atomic E-state index is 6.93. The molecule has 0 spiro atoms. The van der Waals surface area contributed by atoms with Gasteiger partial charge < -0.3 is 9.64 Å². The summed E-state index contributed by atoms with van der Waals surface area (Å²) in [4.78, 5) is 2.52. The summed E-state index contributed by atoms with van der Waals surface area (Å²) in [6, 6.07) is 28.9. The average molecular weight is 518 g/mol. The van der Waals surface area contributed by atoms with E-state index >= 15 is 0 Å². The third kappa shape index (κ3) is 10.0. The Morgan fingerprint density at radius 3 is 1.65 bits per heavy atom. The molecule has 3 aromatic rings. The van der Waals surface area contributed by atoms with Crippen molar-refractivity contribution in [1.82, 2.24) is 4.90 Å². The molecule has 0 aliphatic rings. The summed E-state index contributed by atoms with van der Waals surface area (Å²) in [5.74, 6) is 0.917. The first kappa shape index (κ1) is 29.0. The highest BCUT2D eigenvalue weighted by molar-refractivity contribution is 6.53. The predicted octanol–water partition coefficient (Wildman–Crippen LogP) is 9.68. The monoisotopic (exact) mass is 517 g/mol. The van der Waals surface area contributed by atoms with Crippen LogP contribution in [0.4, 0.5) is 0 Å². The molecular weight excluding hydrogens is 474 g/mol. The first-order valence-corrected chi connectivity index (χ1v) is 14.6. The second kappa shape index (κ2) is 17.1. The van der Waals surface area contributed by atoms with Crippen molar-refractivity contribution in [2.24, 2.45) is 0 Å². The van der Waals surface area contributed by atoms with Gasteiger partial charge in [0.2, 0.25) is 0 Å². The number of ether oxygens (including phenoxy) is 1. The van der Waals surface area contributed by atoms with Gasteiger partial charge in [-0.05, 0) is 61.3 Å². The molecule has 37 heavy (non-hydrogen) atoms. The van der Waals surface area contributed by atoms with E-state index in [1.807, 2.05) is 24.3 Å². The Balaban J connectivity index is 1.42. The summed E-state index contributed by atoms with van der Waals surface area (Å²) in [6.07, 6.45) is 10.5. The van der Waals surface area contributed by atoms with E-state index in [-0.39, 0.29) is 0 Å². The van der Waals surface area contributed by atoms with Gasteiger partial charge in [0.05, 0.1) is 11.6 Å². The van der Waals surface area contributed by atoms with Crippen molar-refractivity contribution >= 4 is 22.2 Å². The molecular formula is C34H44ClNO. The van der Waals surface area contributed by atoms with Crippen molar-refractivity contribution in [2.45, 2.75) is 65.2 Å². The fraction of sp³-hybridized carbons (Fsp3) is 0.412. The molecule has 0 saturated carbocycles. The van der Waals surface area contributed by atoms with Crippen molar-refractivity contribution in [1.29, 1.82) is 0 Å². The topological polar surface area (TPSA) is 12.5 Å². The largest absolute Gasteiger partial charge is 0.494 e. The summed E-state index contributed by atoms with van der Waals surface area (Å²) in [7, 11) is 0. The van der Waals surface area contributed by atoms with Crippen molar-refractivity contribution < 1.29 is 4.74 Å². The van der Waals surface area contributed by atoms with Gasteiger partial charge in [0.15, 0.2) is 0 Å². The van der Waals surface area contributed by atoms with Gasteiger partial charge in [0.1, 0.15) is 5.75 Å². The Morgan fingerprint density at radius 1 is 0.595 bits per heavy atom. The highest BCUT2D eigenvalue weighted by Gasteiger charge is 2.12. The van der Waals surface area contributed by atoms with Gasteiger partial charge in [-0.25, -0.2) is 0 Å². The highest BCUT2D eigenvalue weighted by atomic mass is 35.5. The molecule has 0 unspecified atom stereocenters. The molecule has 3 rings (SSSR count). The van der Waals surface area contributed by atoms with Crippen LogP contribution in [-0.2, 0) is 0 Å². The predicted molar refractivity (Wildman–Crippen MR) is 161 cm³/mol. The van der Waals surface area contributed by atoms with Gasteiger partial charge in [0, 0.05) is 5.57 Å². The molecule has 0 radical (unpaired) electrons. The van der Waals surface area contributed by atoms with E-state index in [0.29, 0.717) is 0 Å². The molecule has 0 bridgehead atoms. The third-order valence-corrected chi connectivity index (χ3v) is 7.39. The van der Waals surface area contributed by atoms with Crippen LogP contribution in [0.1, 0.15) is 81.9 Å². The number of hydrogen-bond acceptors (Lipinski definition) is 2. The third-order valence-electron chi connectivity index (χ3n) is 6.98. The van der Waals surface area contributed by atoms with Gasteiger partial charge >= 0.3 is 0 Å². The van der Waals surface area contributed by atoms with Crippen LogP contribution in [0.25, 0.3) is 10.6 Å². The van der Waals surface area contributed by atoms with E-state index < -0.39 is 0 Å². The Bertz CT molecular complexity index is 1030. The molecule has 2 nitrogen and oxygen atoms in total. The maximum Gasteiger partial charge on any atom is 0.119 e. The van der Waals surface area contributed by atoms with Crippen molar-refractivity contribution in [3.05, 3.63) is 102 Å². The summed E-state index contributed by atoms with van der Waals surface area (Å²) >= 11 is 6.93. The zero-order valence-electron chi connectivity index (χ0n) is 22.8. The Kier molecular flexibility index (Phi) is 13.4. The maximum absolute atomic E-state index is 6.93. The Labute approximate surface area is 230 Å². The average Bonchev–Trinajstić information content (AvgIpc) is 2.95. The van der Waals surface area contributed by atoms with Crippen LogP contribution in [-0.4, -0.2) is 31.1 Å². The van der Waals surface area contributed by atoms with Crippen LogP contribution in [0.2, 0.25) is 0 Å². The van der Waals surface area contributed by atoms with Crippen molar-refractivity contribution in [2.75, 3.05) is 26.2 Å². The van der Waals surface area contributed by atoms with Crippen LogP contribution in [0, 0.1) is 0 Å². The number of benzene rings is 3. The van der Waals surface area contributed by atoms with E-state index in [1.54, 1.807) is 0 Å². The lowest BCUT2D eigenvalue weighted by Crippen LogP contribution is -2.23. The molecule has 0 amide bonds. The second-order valence-corrected chi connectivity index (χ2v) is 10.0. The lowest BCUT2D eigenvalue weighted by molar-refractivity contribution is 0.294. The second-order valence-electron chi connectivity index (χ2n) is 9.65. The first-order valence-electron chi connectivity index (χ1n) is 14.2. The zero-order chi connectivity index (χ0) is 26.1. The smallest absolute Gasteiger partial charge is 0.119 e. The molecule has 0 fully saturated rings. The van der Waals surface area contributed by atoms with Crippen molar-refractivity contribution in [3.8, 4) is 5.75 Å². The van der Waals surface area contributed by atoms with Gasteiger partial charge in [-0.2, -0.15) is 0 Å². The molecule has 0 heterocycles. The van der Waals surface area contributed by atoms with Crippen LogP contribution < -0.4 is 4.74 Å². The standard InChI is InChI=1S/C34H44ClNO/c1-3-36(4-2)27-17-9-7-5-6-8-10-18-28-37-32-25-23-30(24-26-32)33(29-19-13-11-14-20-29)34(35)31-21-15-12-16-22-31/h11-16,19-26H,3-10,17-18,27-28H2,1-2H3. The quantitative estimate of drug-likeness (QED) is 0.130. The molecule has 0 aliphatic carbocycles. The SMILES string of the molecule is CCN(CC)CCCCCCCCCCOc1ccc(C(=C(Cl)c2ccccc2)c2ccccc2)cc1. The van der Waals surface area contributed by atoms with Gasteiger partial charge in [-0.3, -0.25) is 0 Å². The van der Waals surface area contributed by atoms with E-state index in [1.165, 1.54) is 64.6 Å². The number of nitrogens with zero attached hydrogens (tertiary/aromatic N) is 1. The van der Waals surface area contributed by atoms with Gasteiger partial charge in [-0.1, -0.05) is 137 Å². The molecule has 198 valence electrons. The molecule has 0 aliphatic heterocycles. The van der Waals surface area contributed by atoms with E-state index in [4.69, 9.17) is 16.3 Å². The Hall–Kier alpha value is -2.55. The fourth-order valence-corrected chi connectivity index (χ4v) is 5.04. The minimum absolute atomic E-state index is 0.754. The number of hydrogen-bond donors (Lipinski definition) is 0. The number of rotatable bonds is 17. The molecule has 3 aromatic carbocycles. The molecule has 0 saturated heterocycles. The molecule has 0 aromatic heterocycles. The van der Waals surface area contributed by atoms with Crippen LogP contribution in [0.3, 0.4) is 0 Å². The van der Waals surface area contributed by atoms with E-state index in [9.17, 15) is 0 Å². The van der Waals surface area contributed by atoms with Crippen molar-refractivity contribution in [3.63, 3.8) is 0 Å². The summed E-state index contributed by atoms with van der Waals surface area (Å²) in [5.41, 5.74) is 4.24. The number of halogens is 1. The van der Waals surface area contributed by atoms with Crippen LogP contribution in [0.5, 0.6) is 5.75 Å². The van der Waals surface area contributed by atoms with Crippen LogP contribution >= 0.6 is 11.6 Å². The summed E-state index contributed by atoms with van der Waals surface area (Å²) < 4.78 is 6.04. The normalized spacial score (nSPS) is 12.0. The van der Waals surface area contributed by atoms with E-state index in [0.717, 1.165) is 46.1 Å². The zero-order valence-corrected chi connectivity index (χ0v) is 23.6. The van der Waals surface area contributed by atoms with Gasteiger partial charge in [0.25, 0.3) is 0 Å². The van der Waals surface area contributed by atoms with E-state index in [2.05, 4.69) is 79.4 Å². The molecule has 0 N–H and O–H groups in total. The summed E-state index contributed by atoms with van der Waals surface area (Å²) in [6.45, 7) is 8.90. The first-order chi connectivity index (χ1) is 18.2. The Morgan fingerprint density at radius 2 is 1.08 bits per heavy atom. The lowest BCUT2D eigenvalue weighted by atomic mass is 9.95. The fourth-order valence-electron chi connectivity index (χ4n) is 4.70. The minimum Gasteiger partial charge on any atom is -0.494 e.